The molecule has 0 fully saturated rings. The minimum absolute atomic E-state index is 0.839. The Morgan fingerprint density at radius 1 is 0.947 bits per heavy atom. The number of aromatic nitrogens is 1. The van der Waals surface area contributed by atoms with Crippen LogP contribution in [0.3, 0.4) is 0 Å². The molecule has 1 aliphatic heterocycles. The van der Waals surface area contributed by atoms with Crippen molar-refractivity contribution in [3.8, 4) is 0 Å². The van der Waals surface area contributed by atoms with Gasteiger partial charge in [-0.15, -0.1) is 0 Å². The summed E-state index contributed by atoms with van der Waals surface area (Å²) in [5.41, 5.74) is 4.75. The summed E-state index contributed by atoms with van der Waals surface area (Å²) in [6.07, 6.45) is 0. The summed E-state index contributed by atoms with van der Waals surface area (Å²) in [7, 11) is 0. The molecule has 0 atom stereocenters. The van der Waals surface area contributed by atoms with E-state index in [4.69, 9.17) is 4.52 Å². The van der Waals surface area contributed by atoms with E-state index in [0.717, 1.165) is 36.3 Å². The molecule has 0 amide bonds. The largest absolute Gasteiger partial charge is 0.356 e. The van der Waals surface area contributed by atoms with E-state index in [9.17, 15) is 0 Å². The highest BCUT2D eigenvalue weighted by atomic mass is 16.5. The quantitative estimate of drug-likeness (QED) is 0.698. The van der Waals surface area contributed by atoms with Crippen LogP contribution >= 0.6 is 0 Å². The van der Waals surface area contributed by atoms with Gasteiger partial charge in [-0.2, -0.15) is 0 Å². The van der Waals surface area contributed by atoms with Crippen LogP contribution in [0.1, 0.15) is 16.8 Å². The molecule has 0 bridgehead atoms. The van der Waals surface area contributed by atoms with Crippen molar-refractivity contribution >= 4 is 11.0 Å². The maximum atomic E-state index is 5.36. The molecule has 1 aromatic heterocycles. The Kier molecular flexibility index (Phi) is 2.38. The Morgan fingerprint density at radius 2 is 1.63 bits per heavy atom. The lowest BCUT2D eigenvalue weighted by atomic mass is 10.1. The van der Waals surface area contributed by atoms with Crippen LogP contribution in [0, 0.1) is 0 Å². The normalized spacial score (nSPS) is 14.9. The van der Waals surface area contributed by atoms with E-state index < -0.39 is 0 Å². The summed E-state index contributed by atoms with van der Waals surface area (Å²) < 4.78 is 5.36. The zero-order valence-electron chi connectivity index (χ0n) is 10.5. The summed E-state index contributed by atoms with van der Waals surface area (Å²) >= 11 is 0. The minimum atomic E-state index is 0.839. The highest BCUT2D eigenvalue weighted by molar-refractivity contribution is 5.79. The maximum absolute atomic E-state index is 5.36. The van der Waals surface area contributed by atoms with Crippen LogP contribution in [0.2, 0.25) is 0 Å². The van der Waals surface area contributed by atoms with E-state index in [0.29, 0.717) is 0 Å². The standard InChI is InChI=1S/C16H14N2O/c1-2-6-13-10-18(9-12(13)5-1)11-15-14-7-3-4-8-16(14)19-17-15/h1-8H,9-11H2. The molecule has 0 saturated heterocycles. The summed E-state index contributed by atoms with van der Waals surface area (Å²) in [6, 6.07) is 16.7. The second-order valence-corrected chi connectivity index (χ2v) is 5.04. The molecule has 3 aromatic rings. The van der Waals surface area contributed by atoms with E-state index >= 15 is 0 Å². The van der Waals surface area contributed by atoms with Crippen molar-refractivity contribution in [1.29, 1.82) is 0 Å². The molecule has 4 rings (SSSR count). The first-order valence-electron chi connectivity index (χ1n) is 6.52. The average Bonchev–Trinajstić information content (AvgIpc) is 3.03. The van der Waals surface area contributed by atoms with Crippen molar-refractivity contribution in [2.24, 2.45) is 0 Å². The molecule has 1 aliphatic rings. The maximum Gasteiger partial charge on any atom is 0.167 e. The van der Waals surface area contributed by atoms with Crippen LogP contribution in [0.5, 0.6) is 0 Å². The van der Waals surface area contributed by atoms with Crippen LogP contribution in [0.15, 0.2) is 53.1 Å². The first kappa shape index (κ1) is 10.8. The van der Waals surface area contributed by atoms with Crippen LogP contribution in [-0.2, 0) is 19.6 Å². The minimum Gasteiger partial charge on any atom is -0.356 e. The summed E-state index contributed by atoms with van der Waals surface area (Å²) in [5.74, 6) is 0. The predicted molar refractivity (Wildman–Crippen MR) is 73.4 cm³/mol. The molecular weight excluding hydrogens is 236 g/mol. The number of nitrogens with zero attached hydrogens (tertiary/aromatic N) is 2. The summed E-state index contributed by atoms with van der Waals surface area (Å²) in [4.78, 5) is 2.40. The molecule has 0 spiro atoms. The topological polar surface area (TPSA) is 29.3 Å². The predicted octanol–water partition coefficient (Wildman–Crippen LogP) is 3.34. The molecule has 2 heterocycles. The highest BCUT2D eigenvalue weighted by Crippen LogP contribution is 2.26. The first-order chi connectivity index (χ1) is 9.40. The molecule has 3 nitrogen and oxygen atoms in total. The van der Waals surface area contributed by atoms with Crippen molar-refractivity contribution < 1.29 is 4.52 Å². The fraction of sp³-hybridized carbons (Fsp3) is 0.188. The fourth-order valence-corrected chi connectivity index (χ4v) is 2.78. The lowest BCUT2D eigenvalue weighted by molar-refractivity contribution is 0.266. The molecule has 3 heteroatoms. The Morgan fingerprint density at radius 3 is 2.42 bits per heavy atom. The lowest BCUT2D eigenvalue weighted by Crippen LogP contribution is -2.15. The second-order valence-electron chi connectivity index (χ2n) is 5.04. The van der Waals surface area contributed by atoms with Gasteiger partial charge in [-0.05, 0) is 23.3 Å². The van der Waals surface area contributed by atoms with Gasteiger partial charge in [0.2, 0.25) is 0 Å². The van der Waals surface area contributed by atoms with E-state index in [-0.39, 0.29) is 0 Å². The monoisotopic (exact) mass is 250 g/mol. The van der Waals surface area contributed by atoms with Gasteiger partial charge in [0.25, 0.3) is 0 Å². The van der Waals surface area contributed by atoms with Gasteiger partial charge in [0.1, 0.15) is 5.69 Å². The lowest BCUT2D eigenvalue weighted by Gasteiger charge is -2.12. The number of benzene rings is 2. The van der Waals surface area contributed by atoms with Gasteiger partial charge in [0.15, 0.2) is 5.58 Å². The number of rotatable bonds is 2. The van der Waals surface area contributed by atoms with E-state index in [1.807, 2.05) is 18.2 Å². The van der Waals surface area contributed by atoms with Crippen molar-refractivity contribution in [3.05, 3.63) is 65.4 Å². The van der Waals surface area contributed by atoms with Crippen LogP contribution < -0.4 is 0 Å². The number of hydrogen-bond donors (Lipinski definition) is 0. The van der Waals surface area contributed by atoms with Gasteiger partial charge in [-0.25, -0.2) is 0 Å². The number of para-hydroxylation sites is 1. The Hall–Kier alpha value is -2.13. The van der Waals surface area contributed by atoms with Crippen molar-refractivity contribution in [1.82, 2.24) is 10.1 Å². The highest BCUT2D eigenvalue weighted by Gasteiger charge is 2.20. The van der Waals surface area contributed by atoms with Gasteiger partial charge in [-0.3, -0.25) is 4.90 Å². The molecule has 0 radical (unpaired) electrons. The number of hydrogen-bond acceptors (Lipinski definition) is 3. The Bertz CT molecular complexity index is 707. The second kappa shape index (κ2) is 4.21. The summed E-state index contributed by atoms with van der Waals surface area (Å²) in [6.45, 7) is 2.83. The van der Waals surface area contributed by atoms with Gasteiger partial charge in [-0.1, -0.05) is 41.6 Å². The van der Waals surface area contributed by atoms with Gasteiger partial charge >= 0.3 is 0 Å². The molecule has 0 unspecified atom stereocenters. The third kappa shape index (κ3) is 1.83. The molecule has 19 heavy (non-hydrogen) atoms. The van der Waals surface area contributed by atoms with Gasteiger partial charge in [0.05, 0.1) is 0 Å². The third-order valence-electron chi connectivity index (χ3n) is 3.73. The number of fused-ring (bicyclic) bond motifs is 2. The van der Waals surface area contributed by atoms with Crippen LogP contribution in [0.4, 0.5) is 0 Å². The molecule has 0 saturated carbocycles. The third-order valence-corrected chi connectivity index (χ3v) is 3.73. The Balaban J connectivity index is 1.60. The Labute approximate surface area is 111 Å². The van der Waals surface area contributed by atoms with Crippen LogP contribution in [-0.4, -0.2) is 10.1 Å². The molecule has 0 aliphatic carbocycles. The fourth-order valence-electron chi connectivity index (χ4n) is 2.78. The smallest absolute Gasteiger partial charge is 0.167 e. The summed E-state index contributed by atoms with van der Waals surface area (Å²) in [5, 5.41) is 5.33. The zero-order chi connectivity index (χ0) is 12.7. The van der Waals surface area contributed by atoms with Gasteiger partial charge < -0.3 is 4.52 Å². The molecule has 2 aromatic carbocycles. The molecule has 0 N–H and O–H groups in total. The van der Waals surface area contributed by atoms with Crippen molar-refractivity contribution in [3.63, 3.8) is 0 Å². The van der Waals surface area contributed by atoms with Crippen LogP contribution in [0.25, 0.3) is 11.0 Å². The van der Waals surface area contributed by atoms with E-state index in [1.165, 1.54) is 11.1 Å². The SMILES string of the molecule is c1ccc2c(c1)CN(Cc1noc3ccccc13)C2. The van der Waals surface area contributed by atoms with Gasteiger partial charge in [0, 0.05) is 25.0 Å². The van der Waals surface area contributed by atoms with Crippen molar-refractivity contribution in [2.75, 3.05) is 0 Å². The zero-order valence-corrected chi connectivity index (χ0v) is 10.5. The van der Waals surface area contributed by atoms with E-state index in [2.05, 4.69) is 40.4 Å². The van der Waals surface area contributed by atoms with Crippen molar-refractivity contribution in [2.45, 2.75) is 19.6 Å². The van der Waals surface area contributed by atoms with E-state index in [1.54, 1.807) is 0 Å². The molecule has 94 valence electrons. The first-order valence-corrected chi connectivity index (χ1v) is 6.52. The molecular formula is C16H14N2O. The average molecular weight is 250 g/mol.